The van der Waals surface area contributed by atoms with Crippen LogP contribution in [0.3, 0.4) is 0 Å². The molecule has 0 heterocycles. The SMILES string of the molecule is CC(=O)Nc1ccccc1Oc1ccccc1[C@H](C)N. The van der Waals surface area contributed by atoms with Gasteiger partial charge in [0, 0.05) is 18.5 Å². The number of hydrogen-bond donors (Lipinski definition) is 2. The highest BCUT2D eigenvalue weighted by atomic mass is 16.5. The van der Waals surface area contributed by atoms with Crippen molar-refractivity contribution in [3.05, 3.63) is 54.1 Å². The number of hydrogen-bond acceptors (Lipinski definition) is 3. The van der Waals surface area contributed by atoms with E-state index in [4.69, 9.17) is 10.5 Å². The third-order valence-electron chi connectivity index (χ3n) is 2.83. The Morgan fingerprint density at radius 3 is 2.35 bits per heavy atom. The number of para-hydroxylation sites is 3. The van der Waals surface area contributed by atoms with Crippen molar-refractivity contribution in [1.29, 1.82) is 0 Å². The fourth-order valence-corrected chi connectivity index (χ4v) is 1.92. The average molecular weight is 270 g/mol. The minimum Gasteiger partial charge on any atom is -0.455 e. The van der Waals surface area contributed by atoms with Crippen LogP contribution in [0.4, 0.5) is 5.69 Å². The van der Waals surface area contributed by atoms with Gasteiger partial charge in [0.2, 0.25) is 5.91 Å². The summed E-state index contributed by atoms with van der Waals surface area (Å²) in [6, 6.07) is 14.8. The zero-order valence-corrected chi connectivity index (χ0v) is 11.6. The first-order valence-corrected chi connectivity index (χ1v) is 6.47. The number of carbonyl (C=O) groups excluding carboxylic acids is 1. The van der Waals surface area contributed by atoms with Gasteiger partial charge in [0.05, 0.1) is 5.69 Å². The van der Waals surface area contributed by atoms with E-state index in [2.05, 4.69) is 5.32 Å². The maximum absolute atomic E-state index is 11.2. The second kappa shape index (κ2) is 6.21. The summed E-state index contributed by atoms with van der Waals surface area (Å²) in [5.74, 6) is 1.15. The molecule has 104 valence electrons. The molecule has 0 aromatic heterocycles. The van der Waals surface area contributed by atoms with Crippen LogP contribution in [-0.4, -0.2) is 5.91 Å². The minimum absolute atomic E-state index is 0.126. The van der Waals surface area contributed by atoms with Crippen molar-refractivity contribution in [2.45, 2.75) is 19.9 Å². The Balaban J connectivity index is 2.33. The number of nitrogens with two attached hydrogens (primary N) is 1. The zero-order chi connectivity index (χ0) is 14.5. The predicted octanol–water partition coefficient (Wildman–Crippen LogP) is 3.46. The molecule has 0 unspecified atom stereocenters. The molecule has 4 nitrogen and oxygen atoms in total. The van der Waals surface area contributed by atoms with Crippen LogP contribution in [-0.2, 0) is 4.79 Å². The molecule has 0 aliphatic rings. The van der Waals surface area contributed by atoms with Crippen LogP contribution < -0.4 is 15.8 Å². The summed E-state index contributed by atoms with van der Waals surface area (Å²) in [7, 11) is 0. The van der Waals surface area contributed by atoms with E-state index in [0.29, 0.717) is 17.2 Å². The number of amides is 1. The molecule has 0 saturated heterocycles. The van der Waals surface area contributed by atoms with E-state index in [-0.39, 0.29) is 11.9 Å². The lowest BCUT2D eigenvalue weighted by Crippen LogP contribution is -2.08. The Morgan fingerprint density at radius 1 is 1.10 bits per heavy atom. The lowest BCUT2D eigenvalue weighted by molar-refractivity contribution is -0.114. The quantitative estimate of drug-likeness (QED) is 0.894. The van der Waals surface area contributed by atoms with Crippen molar-refractivity contribution >= 4 is 11.6 Å². The largest absolute Gasteiger partial charge is 0.455 e. The van der Waals surface area contributed by atoms with Gasteiger partial charge in [-0.2, -0.15) is 0 Å². The van der Waals surface area contributed by atoms with Gasteiger partial charge < -0.3 is 15.8 Å². The molecule has 2 aromatic rings. The topological polar surface area (TPSA) is 64.3 Å². The van der Waals surface area contributed by atoms with E-state index in [1.807, 2.05) is 49.4 Å². The van der Waals surface area contributed by atoms with Crippen LogP contribution in [0.25, 0.3) is 0 Å². The standard InChI is InChI=1S/C16H18N2O2/c1-11(17)13-7-3-5-9-15(13)20-16-10-6-4-8-14(16)18-12(2)19/h3-11H,17H2,1-2H3,(H,18,19)/t11-/m0/s1. The van der Waals surface area contributed by atoms with Gasteiger partial charge in [0.25, 0.3) is 0 Å². The van der Waals surface area contributed by atoms with E-state index in [1.165, 1.54) is 6.92 Å². The summed E-state index contributed by atoms with van der Waals surface area (Å²) in [5, 5.41) is 2.75. The third-order valence-corrected chi connectivity index (χ3v) is 2.83. The van der Waals surface area contributed by atoms with Gasteiger partial charge in [0.1, 0.15) is 5.75 Å². The molecule has 0 saturated carbocycles. The molecule has 0 fully saturated rings. The molecule has 2 aromatic carbocycles. The molecule has 0 aliphatic heterocycles. The normalized spacial score (nSPS) is 11.8. The highest BCUT2D eigenvalue weighted by molar-refractivity contribution is 5.90. The Kier molecular flexibility index (Phi) is 4.38. The molecule has 1 amide bonds. The third kappa shape index (κ3) is 3.36. The van der Waals surface area contributed by atoms with Crippen LogP contribution in [0.1, 0.15) is 25.5 Å². The number of ether oxygens (including phenoxy) is 1. The van der Waals surface area contributed by atoms with Gasteiger partial charge in [-0.05, 0) is 25.1 Å². The number of benzene rings is 2. The van der Waals surface area contributed by atoms with Crippen LogP contribution >= 0.6 is 0 Å². The highest BCUT2D eigenvalue weighted by Crippen LogP contribution is 2.32. The van der Waals surface area contributed by atoms with Crippen molar-refractivity contribution in [2.24, 2.45) is 5.73 Å². The van der Waals surface area contributed by atoms with E-state index in [0.717, 1.165) is 5.56 Å². The Hall–Kier alpha value is -2.33. The van der Waals surface area contributed by atoms with E-state index in [1.54, 1.807) is 6.07 Å². The number of anilines is 1. The molecule has 0 aliphatic carbocycles. The lowest BCUT2D eigenvalue weighted by atomic mass is 10.1. The summed E-state index contributed by atoms with van der Waals surface area (Å²) in [6.07, 6.45) is 0. The van der Waals surface area contributed by atoms with E-state index < -0.39 is 0 Å². The monoisotopic (exact) mass is 270 g/mol. The van der Waals surface area contributed by atoms with Gasteiger partial charge in [-0.1, -0.05) is 30.3 Å². The molecule has 0 spiro atoms. The Labute approximate surface area is 118 Å². The molecule has 4 heteroatoms. The van der Waals surface area contributed by atoms with Crippen LogP contribution in [0.2, 0.25) is 0 Å². The molecular formula is C16H18N2O2. The maximum atomic E-state index is 11.2. The van der Waals surface area contributed by atoms with Crippen LogP contribution in [0.15, 0.2) is 48.5 Å². The smallest absolute Gasteiger partial charge is 0.221 e. The summed E-state index contributed by atoms with van der Waals surface area (Å²) < 4.78 is 5.91. The molecule has 0 bridgehead atoms. The molecule has 2 rings (SSSR count). The average Bonchev–Trinajstić information content (AvgIpc) is 2.41. The number of nitrogens with one attached hydrogen (secondary N) is 1. The van der Waals surface area contributed by atoms with Gasteiger partial charge in [0.15, 0.2) is 5.75 Å². The van der Waals surface area contributed by atoms with Crippen LogP contribution in [0, 0.1) is 0 Å². The van der Waals surface area contributed by atoms with Crippen molar-refractivity contribution in [3.8, 4) is 11.5 Å². The second-order valence-corrected chi connectivity index (χ2v) is 4.61. The van der Waals surface area contributed by atoms with Crippen molar-refractivity contribution in [1.82, 2.24) is 0 Å². The minimum atomic E-state index is -0.137. The van der Waals surface area contributed by atoms with E-state index >= 15 is 0 Å². The second-order valence-electron chi connectivity index (χ2n) is 4.61. The van der Waals surface area contributed by atoms with Gasteiger partial charge >= 0.3 is 0 Å². The first-order chi connectivity index (χ1) is 9.58. The highest BCUT2D eigenvalue weighted by Gasteiger charge is 2.10. The fraction of sp³-hybridized carbons (Fsp3) is 0.188. The lowest BCUT2D eigenvalue weighted by Gasteiger charge is -2.15. The van der Waals surface area contributed by atoms with E-state index in [9.17, 15) is 4.79 Å². The summed E-state index contributed by atoms with van der Waals surface area (Å²) in [6.45, 7) is 3.37. The maximum Gasteiger partial charge on any atom is 0.221 e. The number of rotatable bonds is 4. The van der Waals surface area contributed by atoms with Gasteiger partial charge in [-0.3, -0.25) is 4.79 Å². The van der Waals surface area contributed by atoms with Crippen molar-refractivity contribution < 1.29 is 9.53 Å². The van der Waals surface area contributed by atoms with Crippen molar-refractivity contribution in [3.63, 3.8) is 0 Å². The molecule has 0 radical (unpaired) electrons. The predicted molar refractivity (Wildman–Crippen MR) is 79.9 cm³/mol. The molecule has 3 N–H and O–H groups in total. The van der Waals surface area contributed by atoms with Gasteiger partial charge in [-0.25, -0.2) is 0 Å². The van der Waals surface area contributed by atoms with Crippen LogP contribution in [0.5, 0.6) is 11.5 Å². The Morgan fingerprint density at radius 2 is 1.70 bits per heavy atom. The first-order valence-electron chi connectivity index (χ1n) is 6.47. The summed E-state index contributed by atoms with van der Waals surface area (Å²) in [5.41, 5.74) is 7.50. The summed E-state index contributed by atoms with van der Waals surface area (Å²) in [4.78, 5) is 11.2. The number of carbonyl (C=O) groups is 1. The molecular weight excluding hydrogens is 252 g/mol. The molecule has 1 atom stereocenters. The fourth-order valence-electron chi connectivity index (χ4n) is 1.92. The van der Waals surface area contributed by atoms with Crippen molar-refractivity contribution in [2.75, 3.05) is 5.32 Å². The Bertz CT molecular complexity index is 609. The van der Waals surface area contributed by atoms with Gasteiger partial charge in [-0.15, -0.1) is 0 Å². The molecule has 20 heavy (non-hydrogen) atoms. The zero-order valence-electron chi connectivity index (χ0n) is 11.6. The summed E-state index contributed by atoms with van der Waals surface area (Å²) >= 11 is 0. The first kappa shape index (κ1) is 14.1.